The Hall–Kier alpha value is -1.46. The van der Waals surface area contributed by atoms with Crippen molar-refractivity contribution in [1.29, 1.82) is 0 Å². The zero-order chi connectivity index (χ0) is 16.8. The zero-order valence-corrected chi connectivity index (χ0v) is 14.5. The van der Waals surface area contributed by atoms with Crippen LogP contribution in [0.4, 0.5) is 5.69 Å². The molecule has 1 saturated carbocycles. The molecule has 0 atom stereocenters. The standard InChI is InChI=1S/C19H29N3O2/c23-22(24)19-9-7-18(8-10-19)16-21-12-4-11-20(13-14-21)15-17-5-2-1-3-6-17/h7-10,17H,1-6,11-16H2. The van der Waals surface area contributed by atoms with Crippen LogP contribution in [0.3, 0.4) is 0 Å². The van der Waals surface area contributed by atoms with Gasteiger partial charge in [-0.25, -0.2) is 0 Å². The van der Waals surface area contributed by atoms with E-state index in [9.17, 15) is 10.1 Å². The van der Waals surface area contributed by atoms with Crippen LogP contribution in [0.5, 0.6) is 0 Å². The molecule has 0 aromatic heterocycles. The highest BCUT2D eigenvalue weighted by Gasteiger charge is 2.20. The van der Waals surface area contributed by atoms with Gasteiger partial charge in [-0.2, -0.15) is 0 Å². The number of rotatable bonds is 5. The summed E-state index contributed by atoms with van der Waals surface area (Å²) in [5.74, 6) is 0.917. The molecule has 0 bridgehead atoms. The summed E-state index contributed by atoms with van der Waals surface area (Å²) in [7, 11) is 0. The molecule has 0 N–H and O–H groups in total. The molecule has 2 aliphatic rings. The summed E-state index contributed by atoms with van der Waals surface area (Å²) >= 11 is 0. The van der Waals surface area contributed by atoms with Crippen LogP contribution in [0.15, 0.2) is 24.3 Å². The first-order chi connectivity index (χ1) is 11.7. The topological polar surface area (TPSA) is 49.6 Å². The van der Waals surface area contributed by atoms with Gasteiger partial charge in [-0.15, -0.1) is 0 Å². The van der Waals surface area contributed by atoms with Crippen LogP contribution in [0, 0.1) is 16.0 Å². The van der Waals surface area contributed by atoms with Gasteiger partial charge in [0.1, 0.15) is 0 Å². The fourth-order valence-corrected chi connectivity index (χ4v) is 4.08. The predicted molar refractivity (Wildman–Crippen MR) is 96.0 cm³/mol. The van der Waals surface area contributed by atoms with E-state index in [0.717, 1.165) is 32.1 Å². The second kappa shape index (κ2) is 8.58. The smallest absolute Gasteiger partial charge is 0.269 e. The maximum Gasteiger partial charge on any atom is 0.269 e. The van der Waals surface area contributed by atoms with Crippen molar-refractivity contribution >= 4 is 5.69 Å². The number of benzene rings is 1. The van der Waals surface area contributed by atoms with Gasteiger partial charge in [0.25, 0.3) is 5.69 Å². The number of nitro benzene ring substituents is 1. The Kier molecular flexibility index (Phi) is 6.21. The minimum absolute atomic E-state index is 0.174. The van der Waals surface area contributed by atoms with E-state index >= 15 is 0 Å². The van der Waals surface area contributed by atoms with Crippen LogP contribution in [0.25, 0.3) is 0 Å². The van der Waals surface area contributed by atoms with Gasteiger partial charge in [-0.05, 0) is 43.8 Å². The highest BCUT2D eigenvalue weighted by atomic mass is 16.6. The average molecular weight is 331 g/mol. The van der Waals surface area contributed by atoms with Crippen LogP contribution in [-0.2, 0) is 6.54 Å². The van der Waals surface area contributed by atoms with Crippen molar-refractivity contribution in [2.24, 2.45) is 5.92 Å². The van der Waals surface area contributed by atoms with Gasteiger partial charge in [0.2, 0.25) is 0 Å². The molecule has 1 aromatic rings. The van der Waals surface area contributed by atoms with Gasteiger partial charge in [-0.3, -0.25) is 15.0 Å². The highest BCUT2D eigenvalue weighted by molar-refractivity contribution is 5.32. The maximum atomic E-state index is 10.7. The number of hydrogen-bond donors (Lipinski definition) is 0. The van der Waals surface area contributed by atoms with E-state index in [1.54, 1.807) is 12.1 Å². The van der Waals surface area contributed by atoms with Crippen molar-refractivity contribution in [2.45, 2.75) is 45.1 Å². The van der Waals surface area contributed by atoms with Gasteiger partial charge >= 0.3 is 0 Å². The molecule has 1 heterocycles. The summed E-state index contributed by atoms with van der Waals surface area (Å²) in [6.07, 6.45) is 8.33. The summed E-state index contributed by atoms with van der Waals surface area (Å²) in [6.45, 7) is 6.78. The molecule has 0 radical (unpaired) electrons. The lowest BCUT2D eigenvalue weighted by Crippen LogP contribution is -2.34. The van der Waals surface area contributed by atoms with E-state index in [0.29, 0.717) is 0 Å². The third kappa shape index (κ3) is 5.02. The van der Waals surface area contributed by atoms with E-state index in [4.69, 9.17) is 0 Å². The van der Waals surface area contributed by atoms with Crippen molar-refractivity contribution < 1.29 is 4.92 Å². The lowest BCUT2D eigenvalue weighted by atomic mass is 9.89. The SMILES string of the molecule is O=[N+]([O-])c1ccc(CN2CCCN(CC3CCCCC3)CC2)cc1. The van der Waals surface area contributed by atoms with Crippen LogP contribution >= 0.6 is 0 Å². The quantitative estimate of drug-likeness (QED) is 0.610. The van der Waals surface area contributed by atoms with Crippen LogP contribution in [0.1, 0.15) is 44.1 Å². The Morgan fingerprint density at radius 1 is 0.917 bits per heavy atom. The van der Waals surface area contributed by atoms with E-state index in [2.05, 4.69) is 9.80 Å². The molecular formula is C19H29N3O2. The van der Waals surface area contributed by atoms with Crippen molar-refractivity contribution in [3.8, 4) is 0 Å². The lowest BCUT2D eigenvalue weighted by Gasteiger charge is -2.28. The fourth-order valence-electron chi connectivity index (χ4n) is 4.08. The molecule has 0 spiro atoms. The molecule has 0 amide bonds. The second-order valence-corrected chi connectivity index (χ2v) is 7.36. The Bertz CT molecular complexity index is 526. The Morgan fingerprint density at radius 2 is 1.58 bits per heavy atom. The molecule has 3 rings (SSSR count). The summed E-state index contributed by atoms with van der Waals surface area (Å²) in [5.41, 5.74) is 1.34. The normalized spacial score (nSPS) is 21.5. The van der Waals surface area contributed by atoms with E-state index in [-0.39, 0.29) is 10.6 Å². The van der Waals surface area contributed by atoms with Crippen LogP contribution < -0.4 is 0 Å². The van der Waals surface area contributed by atoms with Gasteiger partial charge in [-0.1, -0.05) is 31.4 Å². The molecule has 2 fully saturated rings. The molecule has 132 valence electrons. The first-order valence-electron chi connectivity index (χ1n) is 9.39. The third-order valence-corrected chi connectivity index (χ3v) is 5.48. The first-order valence-corrected chi connectivity index (χ1v) is 9.39. The fraction of sp³-hybridized carbons (Fsp3) is 0.684. The number of non-ortho nitro benzene ring substituents is 1. The predicted octanol–water partition coefficient (Wildman–Crippen LogP) is 3.68. The maximum absolute atomic E-state index is 10.7. The molecule has 1 saturated heterocycles. The molecule has 5 nitrogen and oxygen atoms in total. The molecule has 1 aliphatic carbocycles. The van der Waals surface area contributed by atoms with Gasteiger partial charge in [0, 0.05) is 38.3 Å². The third-order valence-electron chi connectivity index (χ3n) is 5.48. The number of hydrogen-bond acceptors (Lipinski definition) is 4. The van der Waals surface area contributed by atoms with E-state index in [1.807, 2.05) is 12.1 Å². The van der Waals surface area contributed by atoms with Crippen molar-refractivity contribution in [2.75, 3.05) is 32.7 Å². The summed E-state index contributed by atoms with van der Waals surface area (Å²) in [5, 5.41) is 10.7. The van der Waals surface area contributed by atoms with Crippen molar-refractivity contribution in [3.05, 3.63) is 39.9 Å². The van der Waals surface area contributed by atoms with Crippen molar-refractivity contribution in [1.82, 2.24) is 9.80 Å². The monoisotopic (exact) mass is 331 g/mol. The molecule has 5 heteroatoms. The summed E-state index contributed by atoms with van der Waals surface area (Å²) < 4.78 is 0. The highest BCUT2D eigenvalue weighted by Crippen LogP contribution is 2.25. The second-order valence-electron chi connectivity index (χ2n) is 7.36. The van der Waals surface area contributed by atoms with Gasteiger partial charge in [0.05, 0.1) is 4.92 Å². The average Bonchev–Trinajstić information content (AvgIpc) is 2.82. The minimum Gasteiger partial charge on any atom is -0.302 e. The van der Waals surface area contributed by atoms with Crippen LogP contribution in [-0.4, -0.2) is 47.4 Å². The largest absolute Gasteiger partial charge is 0.302 e. The van der Waals surface area contributed by atoms with E-state index in [1.165, 1.54) is 57.2 Å². The summed E-state index contributed by atoms with van der Waals surface area (Å²) in [4.78, 5) is 15.5. The molecule has 0 unspecified atom stereocenters. The zero-order valence-electron chi connectivity index (χ0n) is 14.5. The lowest BCUT2D eigenvalue weighted by molar-refractivity contribution is -0.384. The minimum atomic E-state index is -0.334. The Balaban J connectivity index is 1.47. The first kappa shape index (κ1) is 17.4. The molecule has 24 heavy (non-hydrogen) atoms. The number of nitrogens with zero attached hydrogens (tertiary/aromatic N) is 3. The van der Waals surface area contributed by atoms with Crippen LogP contribution in [0.2, 0.25) is 0 Å². The molecule has 1 aromatic carbocycles. The van der Waals surface area contributed by atoms with Gasteiger partial charge in [0.15, 0.2) is 0 Å². The summed E-state index contributed by atoms with van der Waals surface area (Å²) in [6, 6.07) is 7.01. The number of nitro groups is 1. The Morgan fingerprint density at radius 3 is 2.29 bits per heavy atom. The molecule has 1 aliphatic heterocycles. The van der Waals surface area contributed by atoms with Crippen molar-refractivity contribution in [3.63, 3.8) is 0 Å². The Labute approximate surface area is 144 Å². The molecular weight excluding hydrogens is 302 g/mol. The van der Waals surface area contributed by atoms with Gasteiger partial charge < -0.3 is 4.90 Å². The van der Waals surface area contributed by atoms with E-state index < -0.39 is 0 Å².